The molecule has 0 heterocycles. The van der Waals surface area contributed by atoms with E-state index >= 15 is 0 Å². The summed E-state index contributed by atoms with van der Waals surface area (Å²) in [5.74, 6) is -4.70. The molecule has 1 aromatic carbocycles. The molecule has 8 heteroatoms. The molecule has 0 fully saturated rings. The number of hydrogen-bond donors (Lipinski definition) is 0. The van der Waals surface area contributed by atoms with Crippen LogP contribution in [-0.4, -0.2) is 6.18 Å². The van der Waals surface area contributed by atoms with Gasteiger partial charge in [-0.3, -0.25) is 0 Å². The average molecular weight is 292 g/mol. The molecule has 0 aliphatic rings. The lowest BCUT2D eigenvalue weighted by Gasteiger charge is -2.22. The summed E-state index contributed by atoms with van der Waals surface area (Å²) in [5, 5.41) is 17.1. The summed E-state index contributed by atoms with van der Waals surface area (Å²) >= 11 is 0. The first-order chi connectivity index (χ1) is 9.11. The van der Waals surface area contributed by atoms with E-state index in [2.05, 4.69) is 0 Å². The van der Waals surface area contributed by atoms with Gasteiger partial charge in [-0.2, -0.15) is 36.9 Å². The number of alkyl halides is 6. The van der Waals surface area contributed by atoms with E-state index in [-0.39, 0.29) is 0 Å². The van der Waals surface area contributed by atoms with Gasteiger partial charge in [-0.05, 0) is 11.6 Å². The fourth-order valence-corrected chi connectivity index (χ4v) is 1.66. The van der Waals surface area contributed by atoms with Crippen LogP contribution in [0.25, 0.3) is 0 Å². The minimum Gasteiger partial charge on any atom is -0.197 e. The van der Waals surface area contributed by atoms with E-state index in [4.69, 9.17) is 10.5 Å². The summed E-state index contributed by atoms with van der Waals surface area (Å²) in [7, 11) is 0. The van der Waals surface area contributed by atoms with Gasteiger partial charge in [0.2, 0.25) is 0 Å². The summed E-state index contributed by atoms with van der Waals surface area (Å²) in [6, 6.07) is 4.85. The molecule has 0 radical (unpaired) electrons. The highest BCUT2D eigenvalue weighted by Crippen LogP contribution is 2.41. The van der Waals surface area contributed by atoms with Gasteiger partial charge in [-0.15, -0.1) is 0 Å². The van der Waals surface area contributed by atoms with Gasteiger partial charge in [0.1, 0.15) is 11.8 Å². The summed E-state index contributed by atoms with van der Waals surface area (Å²) in [4.78, 5) is 0. The van der Waals surface area contributed by atoms with Crippen molar-refractivity contribution >= 4 is 0 Å². The maximum Gasteiger partial charge on any atom is 0.416 e. The molecular weight excluding hydrogens is 286 g/mol. The molecular formula is C12H6F6N2. The third-order valence-electron chi connectivity index (χ3n) is 2.54. The van der Waals surface area contributed by atoms with Gasteiger partial charge in [0.15, 0.2) is 0 Å². The van der Waals surface area contributed by atoms with Crippen molar-refractivity contribution in [2.24, 2.45) is 5.92 Å². The van der Waals surface area contributed by atoms with Crippen LogP contribution in [0.4, 0.5) is 26.3 Å². The zero-order valence-corrected chi connectivity index (χ0v) is 9.63. The molecule has 1 atom stereocenters. The van der Waals surface area contributed by atoms with E-state index in [9.17, 15) is 26.3 Å². The van der Waals surface area contributed by atoms with Crippen molar-refractivity contribution in [2.45, 2.75) is 18.3 Å². The number of hydrogen-bond acceptors (Lipinski definition) is 2. The molecule has 106 valence electrons. The van der Waals surface area contributed by atoms with Crippen LogP contribution in [0.1, 0.15) is 17.0 Å². The van der Waals surface area contributed by atoms with Crippen LogP contribution in [0, 0.1) is 28.6 Å². The number of rotatable bonds is 2. The molecule has 0 saturated carbocycles. The molecule has 0 amide bonds. The zero-order chi connectivity index (χ0) is 15.6. The standard InChI is InChI=1S/C12H6F6N2/c13-11(14,15)9-3-1-2-7(4-9)10(12(16,17)18)8(5-19)6-20/h1-4,8,10H. The topological polar surface area (TPSA) is 47.6 Å². The largest absolute Gasteiger partial charge is 0.416 e. The normalized spacial score (nSPS) is 13.7. The van der Waals surface area contributed by atoms with Gasteiger partial charge in [0, 0.05) is 0 Å². The predicted octanol–water partition coefficient (Wildman–Crippen LogP) is 4.01. The first-order valence-electron chi connectivity index (χ1n) is 5.14. The quantitative estimate of drug-likeness (QED) is 0.773. The summed E-state index contributed by atoms with van der Waals surface area (Å²) in [6.07, 6.45) is -9.80. The Morgan fingerprint density at radius 2 is 1.50 bits per heavy atom. The van der Waals surface area contributed by atoms with Crippen molar-refractivity contribution < 1.29 is 26.3 Å². The van der Waals surface area contributed by atoms with E-state index in [0.717, 1.165) is 24.3 Å². The van der Waals surface area contributed by atoms with Crippen molar-refractivity contribution in [3.8, 4) is 12.1 Å². The lowest BCUT2D eigenvalue weighted by atomic mass is 9.86. The molecule has 0 N–H and O–H groups in total. The minimum atomic E-state index is -5.00. The Hall–Kier alpha value is -2.22. The van der Waals surface area contributed by atoms with E-state index in [1.54, 1.807) is 0 Å². The molecule has 0 aliphatic carbocycles. The predicted molar refractivity (Wildman–Crippen MR) is 55.0 cm³/mol. The lowest BCUT2D eigenvalue weighted by Crippen LogP contribution is -2.27. The maximum atomic E-state index is 12.9. The van der Waals surface area contributed by atoms with Crippen LogP contribution in [0.15, 0.2) is 24.3 Å². The molecule has 2 nitrogen and oxygen atoms in total. The lowest BCUT2D eigenvalue weighted by molar-refractivity contribution is -0.155. The fraction of sp³-hybridized carbons (Fsp3) is 0.333. The van der Waals surface area contributed by atoms with Gasteiger partial charge >= 0.3 is 12.4 Å². The molecule has 0 aromatic heterocycles. The van der Waals surface area contributed by atoms with Gasteiger partial charge in [-0.1, -0.05) is 18.2 Å². The Bertz CT molecular complexity index is 547. The number of halogens is 6. The average Bonchev–Trinajstić information content (AvgIpc) is 2.33. The first-order valence-corrected chi connectivity index (χ1v) is 5.14. The van der Waals surface area contributed by atoms with E-state index in [1.165, 1.54) is 0 Å². The zero-order valence-electron chi connectivity index (χ0n) is 9.63. The number of nitrogens with zero attached hydrogens (tertiary/aromatic N) is 2. The molecule has 20 heavy (non-hydrogen) atoms. The maximum absolute atomic E-state index is 12.9. The second-order valence-electron chi connectivity index (χ2n) is 3.88. The van der Waals surface area contributed by atoms with Crippen LogP contribution >= 0.6 is 0 Å². The monoisotopic (exact) mass is 292 g/mol. The fourth-order valence-electron chi connectivity index (χ4n) is 1.66. The summed E-state index contributed by atoms with van der Waals surface area (Å²) < 4.78 is 76.1. The Morgan fingerprint density at radius 1 is 0.950 bits per heavy atom. The van der Waals surface area contributed by atoms with Crippen LogP contribution in [0.3, 0.4) is 0 Å². The molecule has 0 aliphatic heterocycles. The van der Waals surface area contributed by atoms with Crippen molar-refractivity contribution in [3.05, 3.63) is 35.4 Å². The third-order valence-corrected chi connectivity index (χ3v) is 2.54. The Kier molecular flexibility index (Phi) is 4.29. The Morgan fingerprint density at radius 3 is 1.90 bits per heavy atom. The van der Waals surface area contributed by atoms with Crippen LogP contribution in [0.5, 0.6) is 0 Å². The molecule has 0 saturated heterocycles. The van der Waals surface area contributed by atoms with E-state index in [0.29, 0.717) is 12.1 Å². The SMILES string of the molecule is N#CC(C#N)C(c1cccc(C(F)(F)F)c1)C(F)(F)F. The Balaban J connectivity index is 3.38. The van der Waals surface area contributed by atoms with Crippen molar-refractivity contribution in [3.63, 3.8) is 0 Å². The minimum absolute atomic E-state index is 0.305. The highest BCUT2D eigenvalue weighted by Gasteiger charge is 2.47. The highest BCUT2D eigenvalue weighted by molar-refractivity contribution is 5.32. The smallest absolute Gasteiger partial charge is 0.197 e. The molecule has 1 rings (SSSR count). The Labute approximate surface area is 109 Å². The van der Waals surface area contributed by atoms with Crippen LogP contribution < -0.4 is 0 Å². The van der Waals surface area contributed by atoms with Crippen molar-refractivity contribution in [2.75, 3.05) is 0 Å². The second kappa shape index (κ2) is 5.41. The van der Waals surface area contributed by atoms with Crippen LogP contribution in [0.2, 0.25) is 0 Å². The van der Waals surface area contributed by atoms with Crippen LogP contribution in [-0.2, 0) is 6.18 Å². The van der Waals surface area contributed by atoms with Gasteiger partial charge < -0.3 is 0 Å². The van der Waals surface area contributed by atoms with E-state index in [1.807, 2.05) is 0 Å². The third kappa shape index (κ3) is 3.41. The van der Waals surface area contributed by atoms with Gasteiger partial charge in [0.05, 0.1) is 17.7 Å². The second-order valence-corrected chi connectivity index (χ2v) is 3.88. The molecule has 1 unspecified atom stereocenters. The van der Waals surface area contributed by atoms with Gasteiger partial charge in [0.25, 0.3) is 0 Å². The van der Waals surface area contributed by atoms with Crippen molar-refractivity contribution in [1.29, 1.82) is 10.5 Å². The highest BCUT2D eigenvalue weighted by atomic mass is 19.4. The molecule has 1 aromatic rings. The summed E-state index contributed by atoms with van der Waals surface area (Å²) in [6.45, 7) is 0. The first kappa shape index (κ1) is 15.8. The molecule has 0 bridgehead atoms. The number of nitriles is 2. The summed E-state index contributed by atoms with van der Waals surface area (Å²) in [5.41, 5.74) is -2.03. The number of benzene rings is 1. The van der Waals surface area contributed by atoms with E-state index < -0.39 is 35.3 Å². The molecule has 0 spiro atoms. The van der Waals surface area contributed by atoms with Crippen molar-refractivity contribution in [1.82, 2.24) is 0 Å². The van der Waals surface area contributed by atoms with Gasteiger partial charge in [-0.25, -0.2) is 0 Å².